The van der Waals surface area contributed by atoms with Crippen LogP contribution >= 0.6 is 0 Å². The molecule has 3 rings (SSSR count). The standard InChI is InChI=1S/C18H22N2O3/c1-14-12-17(20(19-14)16-10-6-3-7-11-16)22-13-23-18(21)15-8-4-2-5-9-15/h3,6-7,10-12,15H,2,4-5,8-9,13H2,1H3. The summed E-state index contributed by atoms with van der Waals surface area (Å²) in [5.74, 6) is 0.463. The Morgan fingerprint density at radius 3 is 2.70 bits per heavy atom. The van der Waals surface area contributed by atoms with Gasteiger partial charge in [0.2, 0.25) is 12.7 Å². The molecule has 1 saturated carbocycles. The lowest BCUT2D eigenvalue weighted by molar-refractivity contribution is -0.156. The van der Waals surface area contributed by atoms with Gasteiger partial charge in [-0.05, 0) is 31.9 Å². The second kappa shape index (κ2) is 7.31. The first-order valence-electron chi connectivity index (χ1n) is 8.15. The number of ether oxygens (including phenoxy) is 2. The molecule has 23 heavy (non-hydrogen) atoms. The molecule has 5 heteroatoms. The summed E-state index contributed by atoms with van der Waals surface area (Å²) in [5.41, 5.74) is 1.76. The molecule has 2 aromatic rings. The lowest BCUT2D eigenvalue weighted by atomic mass is 9.89. The summed E-state index contributed by atoms with van der Waals surface area (Å²) in [6.45, 7) is 1.83. The quantitative estimate of drug-likeness (QED) is 0.624. The Balaban J connectivity index is 1.59. The monoisotopic (exact) mass is 314 g/mol. The third-order valence-corrected chi connectivity index (χ3v) is 4.15. The third-order valence-electron chi connectivity index (χ3n) is 4.15. The molecular weight excluding hydrogens is 292 g/mol. The molecule has 5 nitrogen and oxygen atoms in total. The van der Waals surface area contributed by atoms with Crippen LogP contribution in [0.5, 0.6) is 5.88 Å². The summed E-state index contributed by atoms with van der Waals surface area (Å²) in [5, 5.41) is 4.42. The molecule has 0 aliphatic heterocycles. The van der Waals surface area contributed by atoms with Crippen LogP contribution in [-0.2, 0) is 9.53 Å². The minimum Gasteiger partial charge on any atom is -0.440 e. The van der Waals surface area contributed by atoms with E-state index >= 15 is 0 Å². The average Bonchev–Trinajstić information content (AvgIpc) is 2.97. The predicted molar refractivity (Wildman–Crippen MR) is 86.5 cm³/mol. The van der Waals surface area contributed by atoms with Crippen LogP contribution in [0.15, 0.2) is 36.4 Å². The smallest absolute Gasteiger partial charge is 0.311 e. The van der Waals surface area contributed by atoms with Crippen molar-refractivity contribution < 1.29 is 14.3 Å². The highest BCUT2D eigenvalue weighted by Gasteiger charge is 2.22. The highest BCUT2D eigenvalue weighted by molar-refractivity contribution is 5.72. The highest BCUT2D eigenvalue weighted by atomic mass is 16.7. The number of esters is 1. The molecular formula is C18H22N2O3. The fraction of sp³-hybridized carbons (Fsp3) is 0.444. The largest absolute Gasteiger partial charge is 0.440 e. The maximum atomic E-state index is 12.0. The van der Waals surface area contributed by atoms with Gasteiger partial charge in [0.15, 0.2) is 0 Å². The average molecular weight is 314 g/mol. The SMILES string of the molecule is Cc1cc(OCOC(=O)C2CCCCC2)n(-c2ccccc2)n1. The molecule has 1 aliphatic rings. The number of aryl methyl sites for hydroxylation is 1. The molecule has 0 unspecified atom stereocenters. The van der Waals surface area contributed by atoms with Crippen LogP contribution in [-0.4, -0.2) is 22.5 Å². The Morgan fingerprint density at radius 2 is 1.96 bits per heavy atom. The molecule has 1 aromatic carbocycles. The van der Waals surface area contributed by atoms with Crippen molar-refractivity contribution in [1.29, 1.82) is 0 Å². The summed E-state index contributed by atoms with van der Waals surface area (Å²) in [7, 11) is 0. The second-order valence-electron chi connectivity index (χ2n) is 5.93. The zero-order valence-electron chi connectivity index (χ0n) is 13.4. The van der Waals surface area contributed by atoms with E-state index in [-0.39, 0.29) is 18.7 Å². The van der Waals surface area contributed by atoms with Gasteiger partial charge < -0.3 is 9.47 Å². The van der Waals surface area contributed by atoms with Crippen LogP contribution in [0.25, 0.3) is 5.69 Å². The Kier molecular flexibility index (Phi) is 4.95. The van der Waals surface area contributed by atoms with Crippen LogP contribution in [0.1, 0.15) is 37.8 Å². The zero-order valence-corrected chi connectivity index (χ0v) is 13.4. The van der Waals surface area contributed by atoms with Crippen LogP contribution in [0, 0.1) is 12.8 Å². The number of benzene rings is 1. The fourth-order valence-corrected chi connectivity index (χ4v) is 2.94. The fourth-order valence-electron chi connectivity index (χ4n) is 2.94. The van der Waals surface area contributed by atoms with Crippen molar-refractivity contribution in [2.45, 2.75) is 39.0 Å². The van der Waals surface area contributed by atoms with E-state index in [4.69, 9.17) is 9.47 Å². The van der Waals surface area contributed by atoms with E-state index in [1.165, 1.54) is 6.42 Å². The number of hydrogen-bond acceptors (Lipinski definition) is 4. The van der Waals surface area contributed by atoms with Crippen LogP contribution in [0.2, 0.25) is 0 Å². The van der Waals surface area contributed by atoms with E-state index in [1.807, 2.05) is 43.3 Å². The lowest BCUT2D eigenvalue weighted by Crippen LogP contribution is -2.22. The van der Waals surface area contributed by atoms with Crippen molar-refractivity contribution in [3.05, 3.63) is 42.1 Å². The predicted octanol–water partition coefficient (Wildman–Crippen LogP) is 3.64. The number of aromatic nitrogens is 2. The van der Waals surface area contributed by atoms with Gasteiger partial charge in [0, 0.05) is 6.07 Å². The van der Waals surface area contributed by atoms with Crippen molar-refractivity contribution >= 4 is 5.97 Å². The Bertz CT molecular complexity index is 646. The minimum absolute atomic E-state index is 0.0353. The minimum atomic E-state index is -0.146. The molecule has 1 aliphatic carbocycles. The van der Waals surface area contributed by atoms with Gasteiger partial charge in [-0.2, -0.15) is 5.10 Å². The summed E-state index contributed by atoms with van der Waals surface area (Å²) >= 11 is 0. The van der Waals surface area contributed by atoms with E-state index in [0.717, 1.165) is 37.1 Å². The van der Waals surface area contributed by atoms with E-state index in [2.05, 4.69) is 5.10 Å². The number of hydrogen-bond donors (Lipinski definition) is 0. The van der Waals surface area contributed by atoms with Crippen molar-refractivity contribution in [2.75, 3.05) is 6.79 Å². The maximum absolute atomic E-state index is 12.0. The Morgan fingerprint density at radius 1 is 1.22 bits per heavy atom. The van der Waals surface area contributed by atoms with Gasteiger partial charge in [-0.1, -0.05) is 37.5 Å². The van der Waals surface area contributed by atoms with E-state index in [1.54, 1.807) is 4.68 Å². The lowest BCUT2D eigenvalue weighted by Gasteiger charge is -2.19. The molecule has 0 bridgehead atoms. The molecule has 0 atom stereocenters. The first kappa shape index (κ1) is 15.6. The molecule has 1 aromatic heterocycles. The highest BCUT2D eigenvalue weighted by Crippen LogP contribution is 2.25. The Hall–Kier alpha value is -2.30. The third kappa shape index (κ3) is 3.92. The first-order valence-corrected chi connectivity index (χ1v) is 8.15. The second-order valence-corrected chi connectivity index (χ2v) is 5.93. The normalized spacial score (nSPS) is 15.3. The number of para-hydroxylation sites is 1. The summed E-state index contributed by atoms with van der Waals surface area (Å²) in [6, 6.07) is 11.6. The van der Waals surface area contributed by atoms with Gasteiger partial charge >= 0.3 is 5.97 Å². The summed E-state index contributed by atoms with van der Waals surface area (Å²) in [6.07, 6.45) is 5.30. The molecule has 0 radical (unpaired) electrons. The summed E-state index contributed by atoms with van der Waals surface area (Å²) < 4.78 is 12.6. The first-order chi connectivity index (χ1) is 11.2. The number of carbonyl (C=O) groups excluding carboxylic acids is 1. The van der Waals surface area contributed by atoms with Gasteiger partial charge in [0.25, 0.3) is 0 Å². The van der Waals surface area contributed by atoms with Crippen molar-refractivity contribution in [3.63, 3.8) is 0 Å². The van der Waals surface area contributed by atoms with Crippen molar-refractivity contribution in [2.24, 2.45) is 5.92 Å². The number of carbonyl (C=O) groups is 1. The van der Waals surface area contributed by atoms with Crippen LogP contribution < -0.4 is 4.74 Å². The van der Waals surface area contributed by atoms with Gasteiger partial charge in [-0.25, -0.2) is 4.68 Å². The number of nitrogens with zero attached hydrogens (tertiary/aromatic N) is 2. The van der Waals surface area contributed by atoms with Gasteiger partial charge in [-0.3, -0.25) is 4.79 Å². The van der Waals surface area contributed by atoms with Crippen LogP contribution in [0.3, 0.4) is 0 Å². The molecule has 1 heterocycles. The maximum Gasteiger partial charge on any atom is 0.311 e. The number of rotatable bonds is 5. The topological polar surface area (TPSA) is 53.4 Å². The molecule has 122 valence electrons. The molecule has 0 spiro atoms. The molecule has 0 N–H and O–H groups in total. The van der Waals surface area contributed by atoms with Gasteiger partial charge in [0.05, 0.1) is 17.3 Å². The Labute approximate surface area is 136 Å². The van der Waals surface area contributed by atoms with Crippen molar-refractivity contribution in [3.8, 4) is 11.6 Å². The molecule has 0 amide bonds. The zero-order chi connectivity index (χ0) is 16.1. The summed E-state index contributed by atoms with van der Waals surface area (Å²) in [4.78, 5) is 12.0. The van der Waals surface area contributed by atoms with Crippen LogP contribution in [0.4, 0.5) is 0 Å². The molecule has 1 fully saturated rings. The van der Waals surface area contributed by atoms with Crippen molar-refractivity contribution in [1.82, 2.24) is 9.78 Å². The van der Waals surface area contributed by atoms with Gasteiger partial charge in [-0.15, -0.1) is 0 Å². The molecule has 0 saturated heterocycles. The van der Waals surface area contributed by atoms with Gasteiger partial charge in [0.1, 0.15) is 0 Å². The van der Waals surface area contributed by atoms with E-state index < -0.39 is 0 Å². The van der Waals surface area contributed by atoms with E-state index in [0.29, 0.717) is 5.88 Å². The van der Waals surface area contributed by atoms with E-state index in [9.17, 15) is 4.79 Å².